The van der Waals surface area contributed by atoms with Gasteiger partial charge in [-0.2, -0.15) is 9.06 Å². The van der Waals surface area contributed by atoms with E-state index in [0.717, 1.165) is 17.1 Å². The molecule has 3 rings (SSSR count). The number of nitrogens with zero attached hydrogens (tertiary/aromatic N) is 3. The second-order valence-corrected chi connectivity index (χ2v) is 6.16. The van der Waals surface area contributed by atoms with E-state index in [1.54, 1.807) is 24.3 Å². The number of halogens is 1. The molecule has 0 radical (unpaired) electrons. The van der Waals surface area contributed by atoms with E-state index in [1.165, 1.54) is 28.3 Å². The van der Waals surface area contributed by atoms with Crippen molar-refractivity contribution in [3.8, 4) is 5.69 Å². The maximum Gasteiger partial charge on any atom is 0.278 e. The van der Waals surface area contributed by atoms with E-state index in [2.05, 4.69) is 10.1 Å². The van der Waals surface area contributed by atoms with Crippen molar-refractivity contribution >= 4 is 23.3 Å². The van der Waals surface area contributed by atoms with Gasteiger partial charge in [-0.3, -0.25) is 9.59 Å². The first-order valence-corrected chi connectivity index (χ1v) is 8.03. The second-order valence-electron chi connectivity index (χ2n) is 5.24. The minimum absolute atomic E-state index is 0.0994. The van der Waals surface area contributed by atoms with Crippen molar-refractivity contribution in [2.75, 3.05) is 0 Å². The van der Waals surface area contributed by atoms with Gasteiger partial charge in [0.2, 0.25) is 0 Å². The number of aromatic nitrogens is 2. The Morgan fingerprint density at radius 2 is 1.76 bits per heavy atom. The Bertz CT molecular complexity index is 1000. The third-order valence-electron chi connectivity index (χ3n) is 3.35. The van der Waals surface area contributed by atoms with E-state index < -0.39 is 17.6 Å². The first-order valence-electron chi connectivity index (χ1n) is 7.26. The van der Waals surface area contributed by atoms with Gasteiger partial charge in [0.25, 0.3) is 11.8 Å². The van der Waals surface area contributed by atoms with Crippen LogP contribution in [0.15, 0.2) is 53.5 Å². The average Bonchev–Trinajstić information content (AvgIpc) is 3.00. The highest BCUT2D eigenvalue weighted by molar-refractivity contribution is 7.04. The van der Waals surface area contributed by atoms with Gasteiger partial charge in [0.1, 0.15) is 5.82 Å². The summed E-state index contributed by atoms with van der Waals surface area (Å²) in [5.41, 5.74) is 7.14. The number of carbonyl (C=O) groups is 2. The lowest BCUT2D eigenvalue weighted by atomic mass is 10.1. The molecule has 3 aromatic rings. The van der Waals surface area contributed by atoms with Gasteiger partial charge in [-0.25, -0.2) is 4.39 Å². The molecule has 0 saturated heterocycles. The first kappa shape index (κ1) is 16.7. The molecule has 2 aromatic carbocycles. The smallest absolute Gasteiger partial charge is 0.278 e. The molecule has 0 unspecified atom stereocenters. The molecular weight excluding hydrogens is 343 g/mol. The maximum absolute atomic E-state index is 13.0. The number of nitrogens with two attached hydrogens (primary N) is 1. The zero-order valence-corrected chi connectivity index (χ0v) is 14.0. The van der Waals surface area contributed by atoms with E-state index >= 15 is 0 Å². The van der Waals surface area contributed by atoms with Crippen molar-refractivity contribution in [1.82, 2.24) is 9.17 Å². The van der Waals surface area contributed by atoms with Crippen molar-refractivity contribution in [1.29, 1.82) is 0 Å². The summed E-state index contributed by atoms with van der Waals surface area (Å²) in [6.45, 7) is 1.91. The largest absolute Gasteiger partial charge is 0.364 e. The van der Waals surface area contributed by atoms with Gasteiger partial charge in [-0.1, -0.05) is 17.7 Å². The molecule has 1 aromatic heterocycles. The van der Waals surface area contributed by atoms with E-state index in [0.29, 0.717) is 11.3 Å². The van der Waals surface area contributed by atoms with E-state index in [9.17, 15) is 14.0 Å². The van der Waals surface area contributed by atoms with Gasteiger partial charge in [-0.05, 0) is 54.9 Å². The molecule has 0 aliphatic rings. The SMILES string of the molecule is Cc1ccc(C(=O)N=c2sn(-c3ccc(F)cc3)nc2C(N)=O)cc1. The second kappa shape index (κ2) is 6.78. The third-order valence-corrected chi connectivity index (χ3v) is 4.27. The Balaban J connectivity index is 2.05. The van der Waals surface area contributed by atoms with Crippen molar-refractivity contribution in [2.45, 2.75) is 6.92 Å². The molecule has 0 atom stereocenters. The van der Waals surface area contributed by atoms with Crippen LogP contribution >= 0.6 is 11.5 Å². The van der Waals surface area contributed by atoms with E-state index in [1.807, 2.05) is 6.92 Å². The van der Waals surface area contributed by atoms with Gasteiger partial charge in [-0.15, -0.1) is 5.10 Å². The highest BCUT2D eigenvalue weighted by atomic mass is 32.1. The molecule has 126 valence electrons. The fraction of sp³-hybridized carbons (Fsp3) is 0.0588. The van der Waals surface area contributed by atoms with Crippen LogP contribution in [0.4, 0.5) is 4.39 Å². The maximum atomic E-state index is 13.0. The standard InChI is InChI=1S/C17H13FN4O2S/c1-10-2-4-11(5-3-10)16(24)20-17-14(15(19)23)21-22(25-17)13-8-6-12(18)7-9-13/h2-9H,1H3,(H2,19,23). The number of aryl methyl sites for hydroxylation is 1. The highest BCUT2D eigenvalue weighted by Gasteiger charge is 2.14. The molecule has 0 spiro atoms. The van der Waals surface area contributed by atoms with Gasteiger partial charge in [0, 0.05) is 5.56 Å². The number of primary amides is 1. The predicted octanol–water partition coefficient (Wildman–Crippen LogP) is 2.22. The normalized spacial score (nSPS) is 11.5. The summed E-state index contributed by atoms with van der Waals surface area (Å²) in [6.07, 6.45) is 0. The minimum Gasteiger partial charge on any atom is -0.364 e. The van der Waals surface area contributed by atoms with Crippen molar-refractivity contribution in [3.63, 3.8) is 0 Å². The molecule has 2 amide bonds. The van der Waals surface area contributed by atoms with E-state index in [-0.39, 0.29) is 10.4 Å². The molecule has 0 aliphatic carbocycles. The fourth-order valence-corrected chi connectivity index (χ4v) is 2.90. The van der Waals surface area contributed by atoms with Crippen LogP contribution in [0.3, 0.4) is 0 Å². The summed E-state index contributed by atoms with van der Waals surface area (Å²) in [7, 11) is 0. The molecule has 0 aliphatic heterocycles. The monoisotopic (exact) mass is 356 g/mol. The van der Waals surface area contributed by atoms with Gasteiger partial charge < -0.3 is 5.73 Å². The molecule has 0 bridgehead atoms. The lowest BCUT2D eigenvalue weighted by Gasteiger charge is -1.97. The Labute approximate surface area is 146 Å². The lowest BCUT2D eigenvalue weighted by molar-refractivity contribution is 0.0994. The van der Waals surface area contributed by atoms with Gasteiger partial charge >= 0.3 is 0 Å². The van der Waals surface area contributed by atoms with Crippen molar-refractivity contribution in [2.24, 2.45) is 10.7 Å². The van der Waals surface area contributed by atoms with Gasteiger partial charge in [0.15, 0.2) is 10.4 Å². The molecule has 0 saturated carbocycles. The average molecular weight is 356 g/mol. The molecule has 6 nitrogen and oxygen atoms in total. The van der Waals surface area contributed by atoms with Crippen LogP contribution < -0.4 is 10.4 Å². The summed E-state index contributed by atoms with van der Waals surface area (Å²) in [4.78, 5) is 27.9. The number of hydrogen-bond donors (Lipinski definition) is 1. The summed E-state index contributed by atoms with van der Waals surface area (Å²) in [5.74, 6) is -1.69. The number of rotatable bonds is 3. The van der Waals surface area contributed by atoms with Crippen molar-refractivity contribution in [3.05, 3.63) is 75.8 Å². The highest BCUT2D eigenvalue weighted by Crippen LogP contribution is 2.10. The Morgan fingerprint density at radius 1 is 1.12 bits per heavy atom. The van der Waals surface area contributed by atoms with Crippen molar-refractivity contribution < 1.29 is 14.0 Å². The van der Waals surface area contributed by atoms with Crippen LogP contribution in [0.1, 0.15) is 26.4 Å². The number of benzene rings is 2. The molecule has 25 heavy (non-hydrogen) atoms. The molecule has 0 fully saturated rings. The third kappa shape index (κ3) is 3.69. The lowest BCUT2D eigenvalue weighted by Crippen LogP contribution is -2.20. The van der Waals surface area contributed by atoms with Crippen LogP contribution in [-0.2, 0) is 0 Å². The number of carbonyl (C=O) groups excluding carboxylic acids is 2. The Morgan fingerprint density at radius 3 is 2.36 bits per heavy atom. The Hall–Kier alpha value is -3.13. The fourth-order valence-electron chi connectivity index (χ4n) is 2.04. The molecular formula is C17H13FN4O2S. The van der Waals surface area contributed by atoms with Crippen LogP contribution in [0.2, 0.25) is 0 Å². The Kier molecular flexibility index (Phi) is 4.53. The summed E-state index contributed by atoms with van der Waals surface area (Å²) < 4.78 is 14.5. The topological polar surface area (TPSA) is 90.3 Å². The predicted molar refractivity (Wildman–Crippen MR) is 91.0 cm³/mol. The number of hydrogen-bond acceptors (Lipinski definition) is 4. The van der Waals surface area contributed by atoms with Crippen LogP contribution in [-0.4, -0.2) is 21.0 Å². The molecule has 2 N–H and O–H groups in total. The zero-order chi connectivity index (χ0) is 18.0. The molecule has 1 heterocycles. The summed E-state index contributed by atoms with van der Waals surface area (Å²) >= 11 is 0.968. The molecule has 8 heteroatoms. The first-order chi connectivity index (χ1) is 11.9. The van der Waals surface area contributed by atoms with Crippen LogP contribution in [0.5, 0.6) is 0 Å². The summed E-state index contributed by atoms with van der Waals surface area (Å²) in [5, 5.41) is 4.06. The minimum atomic E-state index is -0.799. The van der Waals surface area contributed by atoms with Crippen LogP contribution in [0.25, 0.3) is 5.69 Å². The quantitative estimate of drug-likeness (QED) is 0.780. The van der Waals surface area contributed by atoms with Crippen LogP contribution in [0, 0.1) is 12.7 Å². The zero-order valence-electron chi connectivity index (χ0n) is 13.1. The summed E-state index contributed by atoms with van der Waals surface area (Å²) in [6, 6.07) is 12.4. The number of amides is 2. The van der Waals surface area contributed by atoms with E-state index in [4.69, 9.17) is 5.73 Å². The van der Waals surface area contributed by atoms with Gasteiger partial charge in [0.05, 0.1) is 5.69 Å².